The zero-order valence-electron chi connectivity index (χ0n) is 14.6. The summed E-state index contributed by atoms with van der Waals surface area (Å²) in [5, 5.41) is 0. The number of piperazine rings is 1. The average molecular weight is 371 g/mol. The number of benzene rings is 1. The number of hydrogen-bond donors (Lipinski definition) is 1. The first-order chi connectivity index (χ1) is 11.9. The maximum absolute atomic E-state index is 12.7. The van der Waals surface area contributed by atoms with E-state index in [-0.39, 0.29) is 43.0 Å². The van der Waals surface area contributed by atoms with Crippen molar-refractivity contribution in [1.82, 2.24) is 9.21 Å². The van der Waals surface area contributed by atoms with E-state index in [1.807, 2.05) is 0 Å². The molecule has 140 valence electrons. The van der Waals surface area contributed by atoms with Crippen LogP contribution < -0.4 is 10.5 Å². The molecule has 1 saturated heterocycles. The summed E-state index contributed by atoms with van der Waals surface area (Å²) >= 11 is 0. The standard InChI is InChI=1S/C16H25N3O5S/c1-23-13-3-5-15(6-4-13)25(21,22)19-9-7-18(8-10-19)16(20)11-14(12-17)24-2/h3-6,14H,7-12,17H2,1-2H3. The normalized spacial score (nSPS) is 17.3. The molecule has 0 aliphatic carbocycles. The minimum absolute atomic E-state index is 0.0706. The minimum atomic E-state index is -3.57. The molecule has 0 radical (unpaired) electrons. The van der Waals surface area contributed by atoms with Gasteiger partial charge in [-0.25, -0.2) is 8.42 Å². The Bertz CT molecular complexity index is 666. The van der Waals surface area contributed by atoms with Crippen LogP contribution in [-0.4, -0.2) is 76.6 Å². The van der Waals surface area contributed by atoms with E-state index < -0.39 is 10.0 Å². The first-order valence-corrected chi connectivity index (χ1v) is 9.51. The van der Waals surface area contributed by atoms with E-state index in [4.69, 9.17) is 15.2 Å². The Balaban J connectivity index is 1.97. The van der Waals surface area contributed by atoms with Crippen molar-refractivity contribution in [2.75, 3.05) is 46.9 Å². The molecular formula is C16H25N3O5S. The Morgan fingerprint density at radius 2 is 1.76 bits per heavy atom. The highest BCUT2D eigenvalue weighted by Crippen LogP contribution is 2.21. The molecule has 1 aliphatic rings. The van der Waals surface area contributed by atoms with Gasteiger partial charge in [0, 0.05) is 39.8 Å². The predicted octanol–water partition coefficient (Wildman–Crippen LogP) is -0.108. The van der Waals surface area contributed by atoms with E-state index >= 15 is 0 Å². The summed E-state index contributed by atoms with van der Waals surface area (Å²) in [7, 11) is -0.529. The Morgan fingerprint density at radius 3 is 2.24 bits per heavy atom. The number of sulfonamides is 1. The molecule has 1 fully saturated rings. The lowest BCUT2D eigenvalue weighted by Gasteiger charge is -2.34. The van der Waals surface area contributed by atoms with Crippen molar-refractivity contribution in [3.8, 4) is 5.75 Å². The molecule has 1 amide bonds. The van der Waals surface area contributed by atoms with Gasteiger partial charge in [-0.05, 0) is 24.3 Å². The summed E-state index contributed by atoms with van der Waals surface area (Å²) in [5.74, 6) is 0.528. The lowest BCUT2D eigenvalue weighted by atomic mass is 10.2. The highest BCUT2D eigenvalue weighted by Gasteiger charge is 2.30. The number of carbonyl (C=O) groups is 1. The fourth-order valence-corrected chi connectivity index (χ4v) is 4.08. The Kier molecular flexibility index (Phi) is 6.77. The van der Waals surface area contributed by atoms with Crippen molar-refractivity contribution in [2.45, 2.75) is 17.4 Å². The Morgan fingerprint density at radius 1 is 1.16 bits per heavy atom. The predicted molar refractivity (Wildman–Crippen MR) is 92.8 cm³/mol. The zero-order valence-corrected chi connectivity index (χ0v) is 15.4. The van der Waals surface area contributed by atoms with E-state index in [1.54, 1.807) is 17.0 Å². The van der Waals surface area contributed by atoms with Crippen LogP contribution in [0.25, 0.3) is 0 Å². The first-order valence-electron chi connectivity index (χ1n) is 8.07. The Labute approximate surface area is 148 Å². The molecular weight excluding hydrogens is 346 g/mol. The van der Waals surface area contributed by atoms with Crippen molar-refractivity contribution in [1.29, 1.82) is 0 Å². The summed E-state index contributed by atoms with van der Waals surface area (Å²) in [6.07, 6.45) is -0.105. The summed E-state index contributed by atoms with van der Waals surface area (Å²) in [4.78, 5) is 14.1. The monoisotopic (exact) mass is 371 g/mol. The van der Waals surface area contributed by atoms with Gasteiger partial charge in [0.05, 0.1) is 24.5 Å². The molecule has 1 unspecified atom stereocenters. The van der Waals surface area contributed by atoms with Gasteiger partial charge in [0.25, 0.3) is 0 Å². The van der Waals surface area contributed by atoms with Crippen molar-refractivity contribution in [2.24, 2.45) is 5.73 Å². The first kappa shape index (κ1) is 19.6. The average Bonchev–Trinajstić information content (AvgIpc) is 2.66. The van der Waals surface area contributed by atoms with Crippen molar-refractivity contribution in [3.05, 3.63) is 24.3 Å². The van der Waals surface area contributed by atoms with E-state index in [1.165, 1.54) is 30.7 Å². The number of amides is 1. The van der Waals surface area contributed by atoms with Gasteiger partial charge in [-0.1, -0.05) is 0 Å². The number of hydrogen-bond acceptors (Lipinski definition) is 6. The van der Waals surface area contributed by atoms with Gasteiger partial charge in [0.2, 0.25) is 15.9 Å². The van der Waals surface area contributed by atoms with Crippen LogP contribution in [0.1, 0.15) is 6.42 Å². The van der Waals surface area contributed by atoms with Gasteiger partial charge >= 0.3 is 0 Å². The van der Waals surface area contributed by atoms with Crippen LogP contribution in [0.2, 0.25) is 0 Å². The van der Waals surface area contributed by atoms with Gasteiger partial charge in [-0.3, -0.25) is 4.79 Å². The van der Waals surface area contributed by atoms with Crippen LogP contribution in [0.5, 0.6) is 5.75 Å². The molecule has 1 heterocycles. The van der Waals surface area contributed by atoms with E-state index in [0.717, 1.165) is 0 Å². The number of nitrogens with zero attached hydrogens (tertiary/aromatic N) is 2. The Hall–Kier alpha value is -1.68. The summed E-state index contributed by atoms with van der Waals surface area (Å²) in [6.45, 7) is 1.51. The van der Waals surface area contributed by atoms with Gasteiger partial charge in [-0.15, -0.1) is 0 Å². The number of rotatable bonds is 7. The summed E-state index contributed by atoms with van der Waals surface area (Å²) in [5.41, 5.74) is 5.53. The molecule has 0 bridgehead atoms. The zero-order chi connectivity index (χ0) is 18.4. The number of methoxy groups -OCH3 is 2. The smallest absolute Gasteiger partial charge is 0.243 e. The molecule has 25 heavy (non-hydrogen) atoms. The van der Waals surface area contributed by atoms with Gasteiger partial charge in [0.1, 0.15) is 5.75 Å². The molecule has 2 rings (SSSR count). The number of carbonyl (C=O) groups excluding carboxylic acids is 1. The second-order valence-electron chi connectivity index (χ2n) is 5.76. The van der Waals surface area contributed by atoms with E-state index in [2.05, 4.69) is 0 Å². The SMILES string of the molecule is COc1ccc(S(=O)(=O)N2CCN(C(=O)CC(CN)OC)CC2)cc1. The molecule has 0 spiro atoms. The largest absolute Gasteiger partial charge is 0.497 e. The third-order valence-corrected chi connectivity index (χ3v) is 6.20. The molecule has 0 aromatic heterocycles. The summed E-state index contributed by atoms with van der Waals surface area (Å²) < 4.78 is 36.9. The third kappa shape index (κ3) is 4.69. The van der Waals surface area contributed by atoms with Gasteiger partial charge < -0.3 is 20.1 Å². The van der Waals surface area contributed by atoms with Crippen LogP contribution in [-0.2, 0) is 19.6 Å². The van der Waals surface area contributed by atoms with Crippen LogP contribution >= 0.6 is 0 Å². The molecule has 9 heteroatoms. The van der Waals surface area contributed by atoms with Crippen LogP contribution in [0.15, 0.2) is 29.2 Å². The highest BCUT2D eigenvalue weighted by molar-refractivity contribution is 7.89. The van der Waals surface area contributed by atoms with Crippen LogP contribution in [0.3, 0.4) is 0 Å². The fourth-order valence-electron chi connectivity index (χ4n) is 2.66. The maximum Gasteiger partial charge on any atom is 0.243 e. The van der Waals surface area contributed by atoms with Gasteiger partial charge in [0.15, 0.2) is 0 Å². The molecule has 1 aliphatic heterocycles. The quantitative estimate of drug-likeness (QED) is 0.718. The molecule has 2 N–H and O–H groups in total. The van der Waals surface area contributed by atoms with Gasteiger partial charge in [-0.2, -0.15) is 4.31 Å². The van der Waals surface area contributed by atoms with Crippen molar-refractivity contribution in [3.63, 3.8) is 0 Å². The lowest BCUT2D eigenvalue weighted by Crippen LogP contribution is -2.51. The molecule has 8 nitrogen and oxygen atoms in total. The summed E-state index contributed by atoms with van der Waals surface area (Å²) in [6, 6.07) is 6.28. The minimum Gasteiger partial charge on any atom is -0.497 e. The maximum atomic E-state index is 12.7. The highest BCUT2D eigenvalue weighted by atomic mass is 32.2. The van der Waals surface area contributed by atoms with Crippen LogP contribution in [0.4, 0.5) is 0 Å². The van der Waals surface area contributed by atoms with E-state index in [9.17, 15) is 13.2 Å². The van der Waals surface area contributed by atoms with Crippen molar-refractivity contribution >= 4 is 15.9 Å². The molecule has 1 aromatic carbocycles. The third-order valence-electron chi connectivity index (χ3n) is 4.29. The second-order valence-corrected chi connectivity index (χ2v) is 7.70. The van der Waals surface area contributed by atoms with Crippen molar-refractivity contribution < 1.29 is 22.7 Å². The fraction of sp³-hybridized carbons (Fsp3) is 0.562. The van der Waals surface area contributed by atoms with E-state index in [0.29, 0.717) is 18.8 Å². The molecule has 1 aromatic rings. The van der Waals surface area contributed by atoms with Crippen LogP contribution in [0, 0.1) is 0 Å². The topological polar surface area (TPSA) is 102 Å². The number of nitrogens with two attached hydrogens (primary N) is 1. The number of ether oxygens (including phenoxy) is 2. The molecule has 0 saturated carbocycles. The second kappa shape index (κ2) is 8.61. The lowest BCUT2D eigenvalue weighted by molar-refractivity contribution is -0.134. The molecule has 1 atom stereocenters.